The number of hydrogen-bond acceptors (Lipinski definition) is 4. The molecule has 0 unspecified atom stereocenters. The van der Waals surface area contributed by atoms with Crippen molar-refractivity contribution in [2.45, 2.75) is 59.0 Å². The third kappa shape index (κ3) is 6.33. The number of aromatic nitrogens is 3. The highest BCUT2D eigenvalue weighted by Crippen LogP contribution is 2.40. The molecule has 0 atom stereocenters. The third-order valence-corrected chi connectivity index (χ3v) is 6.22. The molecule has 0 amide bonds. The third-order valence-electron chi connectivity index (χ3n) is 6.22. The van der Waals surface area contributed by atoms with Crippen LogP contribution in [0.15, 0.2) is 29.3 Å². The molecule has 1 aromatic carbocycles. The Morgan fingerprint density at radius 1 is 1.17 bits per heavy atom. The van der Waals surface area contributed by atoms with Crippen molar-refractivity contribution in [3.63, 3.8) is 0 Å². The van der Waals surface area contributed by atoms with Crippen LogP contribution in [-0.4, -0.2) is 34.4 Å². The molecule has 7 nitrogen and oxygen atoms in total. The zero-order valence-corrected chi connectivity index (χ0v) is 20.9. The van der Waals surface area contributed by atoms with E-state index in [1.807, 2.05) is 30.7 Å². The summed E-state index contributed by atoms with van der Waals surface area (Å²) in [7, 11) is 3.67. The second-order valence-corrected chi connectivity index (χ2v) is 8.00. The first-order chi connectivity index (χ1) is 14.0. The fourth-order valence-corrected chi connectivity index (χ4v) is 3.89. The van der Waals surface area contributed by atoms with Crippen molar-refractivity contribution in [1.29, 1.82) is 0 Å². The largest absolute Gasteiger partial charge is 0.497 e. The minimum Gasteiger partial charge on any atom is -0.497 e. The molecule has 1 heterocycles. The van der Waals surface area contributed by atoms with Crippen LogP contribution >= 0.6 is 24.0 Å². The number of halogens is 1. The first-order valence-corrected chi connectivity index (χ1v) is 10.6. The summed E-state index contributed by atoms with van der Waals surface area (Å²) in [5.41, 5.74) is 1.54. The van der Waals surface area contributed by atoms with Crippen LogP contribution in [0.25, 0.3) is 0 Å². The van der Waals surface area contributed by atoms with Gasteiger partial charge in [0, 0.05) is 13.6 Å². The molecule has 166 valence electrons. The van der Waals surface area contributed by atoms with Crippen molar-refractivity contribution in [3.05, 3.63) is 41.5 Å². The number of ether oxygens (including phenoxy) is 1. The minimum absolute atomic E-state index is 0. The zero-order chi connectivity index (χ0) is 20.7. The van der Waals surface area contributed by atoms with Crippen molar-refractivity contribution in [2.75, 3.05) is 13.7 Å². The highest BCUT2D eigenvalue weighted by atomic mass is 127. The van der Waals surface area contributed by atoms with Crippen molar-refractivity contribution < 1.29 is 4.74 Å². The summed E-state index contributed by atoms with van der Waals surface area (Å²) in [6.45, 7) is 6.41. The van der Waals surface area contributed by atoms with E-state index in [0.717, 1.165) is 35.5 Å². The summed E-state index contributed by atoms with van der Waals surface area (Å²) in [6, 6.07) is 8.05. The van der Waals surface area contributed by atoms with Gasteiger partial charge in [0.15, 0.2) is 11.8 Å². The molecule has 0 saturated heterocycles. The molecule has 1 saturated carbocycles. The normalized spacial score (nSPS) is 15.5. The molecule has 30 heavy (non-hydrogen) atoms. The number of benzene rings is 1. The predicted octanol–water partition coefficient (Wildman–Crippen LogP) is 3.96. The van der Waals surface area contributed by atoms with Crippen molar-refractivity contribution >= 4 is 29.9 Å². The number of guanidine groups is 1. The van der Waals surface area contributed by atoms with Gasteiger partial charge in [-0.25, -0.2) is 4.99 Å². The molecule has 3 rings (SSSR count). The molecule has 1 fully saturated rings. The van der Waals surface area contributed by atoms with Gasteiger partial charge in [-0.1, -0.05) is 31.9 Å². The Hall–Kier alpha value is -1.84. The van der Waals surface area contributed by atoms with Gasteiger partial charge in [-0.05, 0) is 49.3 Å². The van der Waals surface area contributed by atoms with Gasteiger partial charge in [0.05, 0.1) is 20.2 Å². The van der Waals surface area contributed by atoms with E-state index >= 15 is 0 Å². The molecule has 2 N–H and O–H groups in total. The van der Waals surface area contributed by atoms with Crippen LogP contribution < -0.4 is 15.4 Å². The number of nitrogens with one attached hydrogen (secondary N) is 2. The van der Waals surface area contributed by atoms with E-state index in [4.69, 9.17) is 9.73 Å². The van der Waals surface area contributed by atoms with Gasteiger partial charge in [-0.15, -0.1) is 34.2 Å². The topological polar surface area (TPSA) is 76.4 Å². The van der Waals surface area contributed by atoms with Gasteiger partial charge >= 0.3 is 0 Å². The van der Waals surface area contributed by atoms with Gasteiger partial charge in [0.2, 0.25) is 0 Å². The molecule has 0 bridgehead atoms. The van der Waals surface area contributed by atoms with Gasteiger partial charge in [-0.3, -0.25) is 0 Å². The Balaban J connectivity index is 0.00000320. The molecular formula is C22H35IN6O. The molecule has 8 heteroatoms. The van der Waals surface area contributed by atoms with Crippen molar-refractivity contribution in [3.8, 4) is 5.75 Å². The second-order valence-electron chi connectivity index (χ2n) is 8.00. The molecule has 1 aliphatic rings. The maximum atomic E-state index is 5.24. The van der Waals surface area contributed by atoms with Crippen molar-refractivity contribution in [1.82, 2.24) is 25.4 Å². The number of aryl methyl sites for hydroxylation is 1. The quantitative estimate of drug-likeness (QED) is 0.310. The van der Waals surface area contributed by atoms with E-state index in [2.05, 4.69) is 39.9 Å². The number of nitrogens with zero attached hydrogens (tertiary/aromatic N) is 4. The first kappa shape index (κ1) is 24.4. The summed E-state index contributed by atoms with van der Waals surface area (Å²) in [5.74, 6) is 3.48. The number of hydrogen-bond donors (Lipinski definition) is 2. The number of methoxy groups -OCH3 is 1. The molecular weight excluding hydrogens is 491 g/mol. The van der Waals surface area contributed by atoms with E-state index in [-0.39, 0.29) is 24.0 Å². The average Bonchev–Trinajstić information content (AvgIpc) is 3.36. The SMILES string of the molecule is CCC1(CNC(=NCc2ccc(OC)cc2)NCc2nnc(C)n2C)CCCC1.I. The van der Waals surface area contributed by atoms with Crippen LogP contribution in [0.2, 0.25) is 0 Å². The summed E-state index contributed by atoms with van der Waals surface area (Å²) in [4.78, 5) is 4.82. The highest BCUT2D eigenvalue weighted by molar-refractivity contribution is 14.0. The lowest BCUT2D eigenvalue weighted by atomic mass is 9.83. The Labute approximate surface area is 197 Å². The van der Waals surface area contributed by atoms with Gasteiger partial charge in [0.25, 0.3) is 0 Å². The van der Waals surface area contributed by atoms with Crippen LogP contribution in [0.5, 0.6) is 5.75 Å². The number of aliphatic imine (C=N–C) groups is 1. The lowest BCUT2D eigenvalue weighted by molar-refractivity contribution is 0.283. The van der Waals surface area contributed by atoms with Crippen LogP contribution in [0.3, 0.4) is 0 Å². The molecule has 0 spiro atoms. The zero-order valence-electron chi connectivity index (χ0n) is 18.6. The van der Waals surface area contributed by atoms with E-state index in [1.54, 1.807) is 7.11 Å². The van der Waals surface area contributed by atoms with Gasteiger partial charge < -0.3 is 19.9 Å². The fourth-order valence-electron chi connectivity index (χ4n) is 3.89. The van der Waals surface area contributed by atoms with Crippen LogP contribution in [0, 0.1) is 12.3 Å². The van der Waals surface area contributed by atoms with E-state index in [9.17, 15) is 0 Å². The van der Waals surface area contributed by atoms with Crippen LogP contribution in [0.1, 0.15) is 56.2 Å². The lowest BCUT2D eigenvalue weighted by Crippen LogP contribution is -2.43. The van der Waals surface area contributed by atoms with E-state index < -0.39 is 0 Å². The van der Waals surface area contributed by atoms with Crippen LogP contribution in [-0.2, 0) is 20.1 Å². The van der Waals surface area contributed by atoms with E-state index in [1.165, 1.54) is 32.1 Å². The first-order valence-electron chi connectivity index (χ1n) is 10.6. The summed E-state index contributed by atoms with van der Waals surface area (Å²) >= 11 is 0. The Bertz CT molecular complexity index is 812. The van der Waals surface area contributed by atoms with Gasteiger partial charge in [-0.2, -0.15) is 0 Å². The Morgan fingerprint density at radius 2 is 1.87 bits per heavy atom. The smallest absolute Gasteiger partial charge is 0.191 e. The van der Waals surface area contributed by atoms with Crippen LogP contribution in [0.4, 0.5) is 0 Å². The highest BCUT2D eigenvalue weighted by Gasteiger charge is 2.31. The summed E-state index contributed by atoms with van der Waals surface area (Å²) in [5, 5.41) is 15.4. The molecule has 1 aliphatic carbocycles. The minimum atomic E-state index is 0. The van der Waals surface area contributed by atoms with E-state index in [0.29, 0.717) is 18.5 Å². The summed E-state index contributed by atoms with van der Waals surface area (Å²) < 4.78 is 7.24. The Morgan fingerprint density at radius 3 is 2.43 bits per heavy atom. The molecule has 2 aromatic rings. The summed E-state index contributed by atoms with van der Waals surface area (Å²) in [6.07, 6.45) is 6.46. The number of rotatable bonds is 8. The monoisotopic (exact) mass is 526 g/mol. The Kier molecular flexibility index (Phi) is 9.38. The maximum Gasteiger partial charge on any atom is 0.191 e. The van der Waals surface area contributed by atoms with Crippen molar-refractivity contribution in [2.24, 2.45) is 17.5 Å². The lowest BCUT2D eigenvalue weighted by Gasteiger charge is -2.28. The molecule has 1 aromatic heterocycles. The standard InChI is InChI=1S/C22H34N6O.HI/c1-5-22(12-6-7-13-22)16-25-21(24-15-20-27-26-17(2)28(20)3)23-14-18-8-10-19(29-4)11-9-18;/h8-11H,5-7,12-16H2,1-4H3,(H2,23,24,25);1H. The second kappa shape index (κ2) is 11.5. The molecule has 0 radical (unpaired) electrons. The fraction of sp³-hybridized carbons (Fsp3) is 0.591. The maximum absolute atomic E-state index is 5.24. The van der Waals surface area contributed by atoms with Gasteiger partial charge in [0.1, 0.15) is 11.6 Å². The average molecular weight is 526 g/mol. The molecule has 0 aliphatic heterocycles. The predicted molar refractivity (Wildman–Crippen MR) is 131 cm³/mol.